The molecular formula is C22H16BrN. The molecule has 4 aromatic rings. The van der Waals surface area contributed by atoms with E-state index in [9.17, 15) is 0 Å². The topological polar surface area (TPSA) is 12.9 Å². The van der Waals surface area contributed by atoms with Gasteiger partial charge in [-0.05, 0) is 72.4 Å². The number of rotatable bonds is 1. The van der Waals surface area contributed by atoms with Crippen LogP contribution in [0.25, 0.3) is 32.7 Å². The number of nitrogens with zero attached hydrogens (tertiary/aromatic N) is 1. The predicted molar refractivity (Wildman–Crippen MR) is 105 cm³/mol. The molecule has 0 fully saturated rings. The normalized spacial score (nSPS) is 14.8. The standard InChI is InChI=1S/C22H16BrN/c1-22(2)17-5-3-4-13-6-7-14-10-16(11-18(22)21(14)20(13)17)15-8-9-19(23)24-12-15/h3-12H,1-2H3. The molecule has 5 rings (SSSR count). The van der Waals surface area contributed by atoms with Gasteiger partial charge in [0.15, 0.2) is 0 Å². The molecule has 1 aliphatic rings. The summed E-state index contributed by atoms with van der Waals surface area (Å²) < 4.78 is 0.867. The molecule has 24 heavy (non-hydrogen) atoms. The first kappa shape index (κ1) is 14.2. The van der Waals surface area contributed by atoms with E-state index >= 15 is 0 Å². The second-order valence-corrected chi connectivity index (χ2v) is 7.90. The number of hydrogen-bond donors (Lipinski definition) is 0. The van der Waals surface area contributed by atoms with Crippen molar-refractivity contribution in [2.24, 2.45) is 0 Å². The largest absolute Gasteiger partial charge is 0.249 e. The molecule has 0 saturated carbocycles. The molecule has 1 aliphatic carbocycles. The Hall–Kier alpha value is -2.19. The van der Waals surface area contributed by atoms with Crippen molar-refractivity contribution in [2.45, 2.75) is 19.3 Å². The van der Waals surface area contributed by atoms with Gasteiger partial charge in [-0.2, -0.15) is 0 Å². The lowest BCUT2D eigenvalue weighted by atomic mass is 9.81. The summed E-state index contributed by atoms with van der Waals surface area (Å²) in [7, 11) is 0. The fourth-order valence-electron chi connectivity index (χ4n) is 4.11. The summed E-state index contributed by atoms with van der Waals surface area (Å²) in [4.78, 5) is 4.39. The Morgan fingerprint density at radius 1 is 0.792 bits per heavy atom. The summed E-state index contributed by atoms with van der Waals surface area (Å²) in [5, 5.41) is 5.50. The Balaban J connectivity index is 1.89. The lowest BCUT2D eigenvalue weighted by molar-refractivity contribution is 0.663. The summed E-state index contributed by atoms with van der Waals surface area (Å²) in [5.41, 5.74) is 5.28. The molecule has 1 nitrogen and oxygen atoms in total. The van der Waals surface area contributed by atoms with Gasteiger partial charge < -0.3 is 0 Å². The Morgan fingerprint density at radius 2 is 1.58 bits per heavy atom. The molecule has 0 unspecified atom stereocenters. The van der Waals surface area contributed by atoms with Gasteiger partial charge in [0.2, 0.25) is 0 Å². The third-order valence-electron chi connectivity index (χ3n) is 5.37. The van der Waals surface area contributed by atoms with Crippen molar-refractivity contribution in [3.8, 4) is 11.1 Å². The van der Waals surface area contributed by atoms with Gasteiger partial charge in [0.05, 0.1) is 0 Å². The Bertz CT molecular complexity index is 1120. The second-order valence-electron chi connectivity index (χ2n) is 7.09. The van der Waals surface area contributed by atoms with Gasteiger partial charge in [0, 0.05) is 17.2 Å². The maximum atomic E-state index is 4.39. The molecular weight excluding hydrogens is 358 g/mol. The van der Waals surface area contributed by atoms with E-state index in [4.69, 9.17) is 0 Å². The van der Waals surface area contributed by atoms with Crippen molar-refractivity contribution in [3.05, 3.63) is 76.5 Å². The zero-order chi connectivity index (χ0) is 16.5. The predicted octanol–water partition coefficient (Wildman–Crippen LogP) is 6.46. The van der Waals surface area contributed by atoms with Gasteiger partial charge in [0.25, 0.3) is 0 Å². The van der Waals surface area contributed by atoms with Crippen LogP contribution in [0, 0.1) is 0 Å². The van der Waals surface area contributed by atoms with E-state index in [1.165, 1.54) is 38.2 Å². The van der Waals surface area contributed by atoms with Crippen LogP contribution in [0.4, 0.5) is 0 Å². The fourth-order valence-corrected chi connectivity index (χ4v) is 4.35. The molecule has 1 heterocycles. The number of aromatic nitrogens is 1. The minimum Gasteiger partial charge on any atom is -0.249 e. The van der Waals surface area contributed by atoms with Gasteiger partial charge in [-0.25, -0.2) is 4.98 Å². The lowest BCUT2D eigenvalue weighted by Gasteiger charge is -2.22. The van der Waals surface area contributed by atoms with Crippen LogP contribution in [0.5, 0.6) is 0 Å². The summed E-state index contributed by atoms with van der Waals surface area (Å²) in [5.74, 6) is 0. The average Bonchev–Trinajstić information content (AvgIpc) is 2.83. The van der Waals surface area contributed by atoms with Gasteiger partial charge in [-0.1, -0.05) is 50.2 Å². The molecule has 0 saturated heterocycles. The Kier molecular flexibility index (Phi) is 2.76. The second kappa shape index (κ2) is 4.67. The van der Waals surface area contributed by atoms with Crippen molar-refractivity contribution in [2.75, 3.05) is 0 Å². The minimum absolute atomic E-state index is 0.0280. The maximum Gasteiger partial charge on any atom is 0.106 e. The number of pyridine rings is 1. The van der Waals surface area contributed by atoms with E-state index in [0.29, 0.717) is 0 Å². The van der Waals surface area contributed by atoms with Crippen LogP contribution < -0.4 is 0 Å². The zero-order valence-corrected chi connectivity index (χ0v) is 15.2. The number of hydrogen-bond acceptors (Lipinski definition) is 1. The van der Waals surface area contributed by atoms with Crippen LogP contribution in [-0.2, 0) is 5.41 Å². The van der Waals surface area contributed by atoms with Crippen molar-refractivity contribution >= 4 is 37.5 Å². The fraction of sp³-hybridized carbons (Fsp3) is 0.136. The minimum atomic E-state index is 0.0280. The van der Waals surface area contributed by atoms with Crippen LogP contribution in [0.3, 0.4) is 0 Å². The van der Waals surface area contributed by atoms with E-state index in [2.05, 4.69) is 83.3 Å². The molecule has 0 N–H and O–H groups in total. The maximum absolute atomic E-state index is 4.39. The molecule has 0 atom stereocenters. The van der Waals surface area contributed by atoms with Crippen LogP contribution in [0.2, 0.25) is 0 Å². The molecule has 0 aliphatic heterocycles. The van der Waals surface area contributed by atoms with Crippen LogP contribution >= 0.6 is 15.9 Å². The van der Waals surface area contributed by atoms with Crippen LogP contribution in [-0.4, -0.2) is 4.98 Å². The zero-order valence-electron chi connectivity index (χ0n) is 13.6. The highest BCUT2D eigenvalue weighted by Gasteiger charge is 2.34. The third-order valence-corrected chi connectivity index (χ3v) is 5.83. The molecule has 0 bridgehead atoms. The van der Waals surface area contributed by atoms with E-state index < -0.39 is 0 Å². The first-order valence-electron chi connectivity index (χ1n) is 8.18. The molecule has 3 aromatic carbocycles. The summed E-state index contributed by atoms with van der Waals surface area (Å²) >= 11 is 3.42. The highest BCUT2D eigenvalue weighted by molar-refractivity contribution is 9.10. The highest BCUT2D eigenvalue weighted by atomic mass is 79.9. The van der Waals surface area contributed by atoms with Crippen LogP contribution in [0.1, 0.15) is 25.0 Å². The van der Waals surface area contributed by atoms with Crippen molar-refractivity contribution < 1.29 is 0 Å². The monoisotopic (exact) mass is 373 g/mol. The van der Waals surface area contributed by atoms with Crippen molar-refractivity contribution in [1.29, 1.82) is 0 Å². The van der Waals surface area contributed by atoms with Gasteiger partial charge in [0.1, 0.15) is 4.60 Å². The van der Waals surface area contributed by atoms with Crippen molar-refractivity contribution in [3.63, 3.8) is 0 Å². The van der Waals surface area contributed by atoms with Crippen molar-refractivity contribution in [1.82, 2.24) is 4.98 Å². The Morgan fingerprint density at radius 3 is 2.38 bits per heavy atom. The average molecular weight is 374 g/mol. The van der Waals surface area contributed by atoms with E-state index in [1.54, 1.807) is 0 Å². The molecule has 0 radical (unpaired) electrons. The SMILES string of the molecule is CC1(C)c2cccc3ccc4cc(-c5ccc(Br)nc5)cc1c4c23. The molecule has 116 valence electrons. The smallest absolute Gasteiger partial charge is 0.106 e. The molecule has 1 aromatic heterocycles. The third kappa shape index (κ3) is 1.78. The summed E-state index contributed by atoms with van der Waals surface area (Å²) in [6.45, 7) is 4.67. The van der Waals surface area contributed by atoms with E-state index in [0.717, 1.165) is 10.2 Å². The highest BCUT2D eigenvalue weighted by Crippen LogP contribution is 2.49. The summed E-state index contributed by atoms with van der Waals surface area (Å²) in [6.07, 6.45) is 1.94. The first-order chi connectivity index (χ1) is 11.6. The number of halogens is 1. The van der Waals surface area contributed by atoms with Crippen LogP contribution in [0.15, 0.2) is 65.4 Å². The van der Waals surface area contributed by atoms with Gasteiger partial charge in [-0.15, -0.1) is 0 Å². The number of benzene rings is 3. The van der Waals surface area contributed by atoms with E-state index in [1.807, 2.05) is 12.3 Å². The molecule has 2 heteroatoms. The quantitative estimate of drug-likeness (QED) is 0.275. The first-order valence-corrected chi connectivity index (χ1v) is 8.97. The van der Waals surface area contributed by atoms with Gasteiger partial charge >= 0.3 is 0 Å². The molecule has 0 spiro atoms. The molecule has 0 amide bonds. The summed E-state index contributed by atoms with van der Waals surface area (Å²) in [6, 6.07) is 19.9. The van der Waals surface area contributed by atoms with Gasteiger partial charge in [-0.3, -0.25) is 0 Å². The van der Waals surface area contributed by atoms with E-state index in [-0.39, 0.29) is 5.41 Å². The Labute approximate surface area is 149 Å². The lowest BCUT2D eigenvalue weighted by Crippen LogP contribution is -2.15.